The van der Waals surface area contributed by atoms with E-state index in [2.05, 4.69) is 20.6 Å². The van der Waals surface area contributed by atoms with Crippen LogP contribution in [0.1, 0.15) is 41.7 Å². The molecule has 2 aromatic rings. The van der Waals surface area contributed by atoms with E-state index < -0.39 is 23.8 Å². The molecule has 0 aliphatic carbocycles. The van der Waals surface area contributed by atoms with E-state index in [1.54, 1.807) is 54.6 Å². The second-order valence-corrected chi connectivity index (χ2v) is 8.93. The fraction of sp³-hybridized carbons (Fsp3) is 0.346. The van der Waals surface area contributed by atoms with E-state index >= 15 is 0 Å². The Kier molecular flexibility index (Phi) is 7.63. The first-order valence-electron chi connectivity index (χ1n) is 11.8. The third-order valence-electron chi connectivity index (χ3n) is 6.75. The quantitative estimate of drug-likeness (QED) is 0.557. The third kappa shape index (κ3) is 4.69. The molecule has 188 valence electrons. The summed E-state index contributed by atoms with van der Waals surface area (Å²) in [5.74, 6) is -2.52. The second-order valence-electron chi connectivity index (χ2n) is 8.93. The zero-order chi connectivity index (χ0) is 24.4. The first-order chi connectivity index (χ1) is 17.0. The summed E-state index contributed by atoms with van der Waals surface area (Å²) in [5, 5.41) is 6.06. The predicted molar refractivity (Wildman–Crippen MR) is 137 cm³/mol. The van der Waals surface area contributed by atoms with Crippen molar-refractivity contribution in [2.24, 2.45) is 15.9 Å². The summed E-state index contributed by atoms with van der Waals surface area (Å²) in [6.07, 6.45) is 2.79. The summed E-state index contributed by atoms with van der Waals surface area (Å²) in [7, 11) is 0. The molecule has 2 saturated heterocycles. The summed E-state index contributed by atoms with van der Waals surface area (Å²) in [4.78, 5) is 50.2. The molecule has 0 bridgehead atoms. The summed E-state index contributed by atoms with van der Waals surface area (Å²) < 4.78 is 6.24. The van der Waals surface area contributed by atoms with E-state index in [-0.39, 0.29) is 35.9 Å². The number of nitrogens with one attached hydrogen (secondary N) is 2. The molecule has 0 aromatic heterocycles. The van der Waals surface area contributed by atoms with Crippen LogP contribution in [0, 0.1) is 5.92 Å². The summed E-state index contributed by atoms with van der Waals surface area (Å²) in [6, 6.07) is 15.4. The molecule has 5 rings (SSSR count). The first-order valence-corrected chi connectivity index (χ1v) is 11.8. The lowest BCUT2D eigenvalue weighted by Crippen LogP contribution is -2.69. The van der Waals surface area contributed by atoms with Crippen LogP contribution in [0.2, 0.25) is 0 Å². The fourth-order valence-electron chi connectivity index (χ4n) is 4.86. The lowest BCUT2D eigenvalue weighted by molar-refractivity contribution is -0.130. The van der Waals surface area contributed by atoms with Gasteiger partial charge in [-0.15, -0.1) is 12.4 Å². The van der Waals surface area contributed by atoms with E-state index in [1.807, 2.05) is 13.0 Å². The molecule has 3 atom stereocenters. The monoisotopic (exact) mass is 509 g/mol. The van der Waals surface area contributed by atoms with Gasteiger partial charge in [-0.05, 0) is 44.3 Å². The largest absolute Gasteiger partial charge is 0.329 e. The predicted octanol–water partition coefficient (Wildman–Crippen LogP) is 3.13. The number of hydrogen-bond donors (Lipinski definition) is 2. The highest BCUT2D eigenvalue weighted by Gasteiger charge is 2.56. The number of carbonyl (C=O) groups is 3. The maximum atomic E-state index is 13.7. The summed E-state index contributed by atoms with van der Waals surface area (Å²) >= 11 is 0. The van der Waals surface area contributed by atoms with Gasteiger partial charge in [0.15, 0.2) is 11.5 Å². The van der Waals surface area contributed by atoms with Crippen LogP contribution in [0.25, 0.3) is 0 Å². The van der Waals surface area contributed by atoms with Crippen LogP contribution in [-0.4, -0.2) is 59.7 Å². The van der Waals surface area contributed by atoms with Gasteiger partial charge >= 0.3 is 6.03 Å². The van der Waals surface area contributed by atoms with Crippen molar-refractivity contribution in [1.29, 1.82) is 0 Å². The van der Waals surface area contributed by atoms with Gasteiger partial charge in [-0.25, -0.2) is 19.7 Å². The lowest BCUT2D eigenvalue weighted by Gasteiger charge is -2.42. The maximum absolute atomic E-state index is 13.7. The van der Waals surface area contributed by atoms with E-state index in [1.165, 1.54) is 6.34 Å². The smallest absolute Gasteiger partial charge is 0.328 e. The van der Waals surface area contributed by atoms with E-state index in [4.69, 9.17) is 4.74 Å². The fourth-order valence-corrected chi connectivity index (χ4v) is 4.86. The molecule has 0 spiro atoms. The molecule has 3 amide bonds. The number of urea groups is 1. The van der Waals surface area contributed by atoms with Crippen molar-refractivity contribution in [3.8, 4) is 0 Å². The highest BCUT2D eigenvalue weighted by atomic mass is 35.5. The number of imide groups is 1. The lowest BCUT2D eigenvalue weighted by atomic mass is 9.92. The number of aliphatic imine (C=N–C) groups is 2. The molecule has 3 heterocycles. The van der Waals surface area contributed by atoms with Gasteiger partial charge in [0.2, 0.25) is 0 Å². The van der Waals surface area contributed by atoms with Crippen molar-refractivity contribution in [3.63, 3.8) is 0 Å². The number of halogens is 1. The number of carbonyl (C=O) groups excluding carboxylic acids is 3. The van der Waals surface area contributed by atoms with Crippen molar-refractivity contribution in [3.05, 3.63) is 71.8 Å². The molecule has 9 nitrogen and oxygen atoms in total. The average molecular weight is 510 g/mol. The molecule has 2 aromatic carbocycles. The third-order valence-corrected chi connectivity index (χ3v) is 6.75. The van der Waals surface area contributed by atoms with Crippen LogP contribution >= 0.6 is 12.4 Å². The Balaban J connectivity index is 0.00000304. The molecule has 2 fully saturated rings. The highest BCUT2D eigenvalue weighted by molar-refractivity contribution is 6.48. The Hall–Kier alpha value is -3.40. The van der Waals surface area contributed by atoms with Crippen LogP contribution in [0.15, 0.2) is 70.6 Å². The topological polar surface area (TPSA) is 112 Å². The van der Waals surface area contributed by atoms with Crippen LogP contribution in [0.5, 0.6) is 0 Å². The van der Waals surface area contributed by atoms with Crippen LogP contribution in [0.4, 0.5) is 4.79 Å². The number of hydrogen-bond acceptors (Lipinski definition) is 7. The number of piperidine rings is 1. The molecule has 0 radical (unpaired) electrons. The Morgan fingerprint density at radius 2 is 1.69 bits per heavy atom. The second kappa shape index (κ2) is 10.7. The normalized spacial score (nSPS) is 23.2. The van der Waals surface area contributed by atoms with E-state index in [9.17, 15) is 14.4 Å². The molecule has 36 heavy (non-hydrogen) atoms. The average Bonchev–Trinajstić information content (AvgIpc) is 3.31. The number of amides is 3. The van der Waals surface area contributed by atoms with Gasteiger partial charge in [0.05, 0.1) is 6.10 Å². The zero-order valence-electron chi connectivity index (χ0n) is 19.8. The van der Waals surface area contributed by atoms with Gasteiger partial charge in [-0.2, -0.15) is 0 Å². The first kappa shape index (κ1) is 25.7. The Bertz CT molecular complexity index is 1180. The minimum Gasteiger partial charge on any atom is -0.328 e. The number of benzene rings is 2. The van der Waals surface area contributed by atoms with Crippen molar-refractivity contribution >= 4 is 42.2 Å². The Labute approximate surface area is 215 Å². The highest BCUT2D eigenvalue weighted by Crippen LogP contribution is 2.33. The summed E-state index contributed by atoms with van der Waals surface area (Å²) in [5.41, 5.74) is 0.847. The van der Waals surface area contributed by atoms with E-state index in [0.29, 0.717) is 11.1 Å². The zero-order valence-corrected chi connectivity index (χ0v) is 20.6. The SMILES string of the molecule is CC(OC12N=CN=C1C(=O)N(C(C(=O)c1ccccc1)c1ccccc1)C(=O)N2)C1CCNCC1.Cl. The van der Waals surface area contributed by atoms with Crippen LogP contribution < -0.4 is 10.6 Å². The van der Waals surface area contributed by atoms with Crippen molar-refractivity contribution in [2.45, 2.75) is 37.8 Å². The van der Waals surface area contributed by atoms with Gasteiger partial charge in [-0.1, -0.05) is 60.7 Å². The van der Waals surface area contributed by atoms with Crippen molar-refractivity contribution in [1.82, 2.24) is 15.5 Å². The summed E-state index contributed by atoms with van der Waals surface area (Å²) in [6.45, 7) is 3.69. The maximum Gasteiger partial charge on any atom is 0.329 e. The van der Waals surface area contributed by atoms with Gasteiger partial charge in [0.25, 0.3) is 11.8 Å². The Morgan fingerprint density at radius 3 is 2.36 bits per heavy atom. The van der Waals surface area contributed by atoms with Crippen LogP contribution in [0.3, 0.4) is 0 Å². The Morgan fingerprint density at radius 1 is 1.06 bits per heavy atom. The number of ketones is 1. The molecular weight excluding hydrogens is 482 g/mol. The molecule has 3 unspecified atom stereocenters. The molecule has 10 heteroatoms. The number of Topliss-reactive ketones (excluding diaryl/α,β-unsaturated/α-hetero) is 1. The molecule has 2 N–H and O–H groups in total. The minimum absolute atomic E-state index is 0. The molecule has 3 aliphatic rings. The van der Waals surface area contributed by atoms with Gasteiger partial charge < -0.3 is 10.1 Å². The van der Waals surface area contributed by atoms with Gasteiger partial charge in [0, 0.05) is 5.56 Å². The number of rotatable bonds is 7. The molecule has 0 saturated carbocycles. The van der Waals surface area contributed by atoms with Crippen molar-refractivity contribution in [2.75, 3.05) is 13.1 Å². The molecular formula is C26H28ClN5O4. The number of nitrogens with zero attached hydrogens (tertiary/aromatic N) is 3. The number of fused-ring (bicyclic) bond motifs is 1. The van der Waals surface area contributed by atoms with Gasteiger partial charge in [0.1, 0.15) is 12.4 Å². The van der Waals surface area contributed by atoms with Gasteiger partial charge in [-0.3, -0.25) is 14.9 Å². The standard InChI is InChI=1S/C26H27N5O4.ClH/c1-17(18-12-14-27-15-13-18)35-26-23(28-16-29-26)24(33)31(25(34)30-26)21(19-8-4-2-5-9-19)22(32)20-10-6-3-7-11-20;/h2-11,16-18,21,27H,12-15H2,1H3,(H,30,34);1H. The van der Waals surface area contributed by atoms with Crippen molar-refractivity contribution < 1.29 is 19.1 Å². The number of ether oxygens (including phenoxy) is 1. The van der Waals surface area contributed by atoms with E-state index in [0.717, 1.165) is 30.8 Å². The molecule has 3 aliphatic heterocycles. The minimum atomic E-state index is -1.69. The van der Waals surface area contributed by atoms with Crippen LogP contribution in [-0.2, 0) is 9.53 Å².